The Labute approximate surface area is 342 Å². The van der Waals surface area contributed by atoms with E-state index in [1.165, 1.54) is 4.90 Å². The van der Waals surface area contributed by atoms with E-state index in [1.807, 2.05) is 127 Å². The lowest BCUT2D eigenvalue weighted by Gasteiger charge is -2.44. The molecule has 1 amide bonds. The van der Waals surface area contributed by atoms with Gasteiger partial charge in [0.2, 0.25) is 0 Å². The molecular weight excluding hydrogens is 751 g/mol. The maximum atomic E-state index is 14.7. The number of carbonyl (C=O) groups is 2. The van der Waals surface area contributed by atoms with Gasteiger partial charge in [-0.3, -0.25) is 4.90 Å². The molecule has 1 saturated heterocycles. The minimum atomic E-state index is -3.22. The first-order chi connectivity index (χ1) is 28.0. The van der Waals surface area contributed by atoms with Gasteiger partial charge in [-0.1, -0.05) is 172 Å². The van der Waals surface area contributed by atoms with Crippen LogP contribution in [0.2, 0.25) is 5.04 Å². The van der Waals surface area contributed by atoms with E-state index in [2.05, 4.69) is 45.0 Å². The van der Waals surface area contributed by atoms with Crippen LogP contribution in [0.1, 0.15) is 37.5 Å². The molecule has 0 unspecified atom stereocenters. The number of ether oxygens (including phenoxy) is 4. The van der Waals surface area contributed by atoms with Crippen LogP contribution in [0.5, 0.6) is 0 Å². The molecule has 58 heavy (non-hydrogen) atoms. The predicted octanol–water partition coefficient (Wildman–Crippen LogP) is 6.02. The molecule has 1 aliphatic rings. The van der Waals surface area contributed by atoms with Crippen LogP contribution >= 0.6 is 0 Å². The summed E-state index contributed by atoms with van der Waals surface area (Å²) in [6.45, 7) is 6.53. The van der Waals surface area contributed by atoms with E-state index in [0.717, 1.165) is 34.2 Å². The highest BCUT2D eigenvalue weighted by Crippen LogP contribution is 2.40. The highest BCUT2D eigenvalue weighted by molar-refractivity contribution is 6.99. The Hall–Kier alpha value is -5.14. The van der Waals surface area contributed by atoms with Crippen LogP contribution in [0.25, 0.3) is 0 Å². The summed E-state index contributed by atoms with van der Waals surface area (Å²) in [5.74, 6) is -1.07. The Morgan fingerprint density at radius 1 is 0.638 bits per heavy atom. The number of likely N-dealkylation sites (tertiary alicyclic amines) is 1. The normalized spacial score (nSPS) is 19.3. The van der Waals surface area contributed by atoms with E-state index in [-0.39, 0.29) is 26.4 Å². The van der Waals surface area contributed by atoms with Crippen LogP contribution < -0.4 is 10.4 Å². The number of nitrogens with zero attached hydrogens (tertiary/aromatic N) is 1. The Kier molecular flexibility index (Phi) is 14.3. The smallest absolute Gasteiger partial charge is 0.410 e. The van der Waals surface area contributed by atoms with Crippen molar-refractivity contribution in [1.82, 2.24) is 4.90 Å². The standard InChI is InChI=1S/C47H53NO9Si/c1-47(2,3)58(37-26-16-8-17-27-37,38-28-18-9-19-29-38)57-33-39-43(54-30-34-20-10-5-11-21-34)44(55-31-35-22-12-6-13-23-35)40(41(49)42(50)45(51)53-4)48(39)46(52)56-32-36-24-14-7-15-25-36/h5-29,39-44,49-50H,30-33H2,1-4H3/t39-,40+,41-,42-,43+,44+/m0/s1. The number of carbonyl (C=O) groups excluding carboxylic acids is 2. The summed E-state index contributed by atoms with van der Waals surface area (Å²) in [5.41, 5.74) is 2.44. The molecule has 0 spiro atoms. The fourth-order valence-corrected chi connectivity index (χ4v) is 12.5. The summed E-state index contributed by atoms with van der Waals surface area (Å²) >= 11 is 0. The number of hydrogen-bond donors (Lipinski definition) is 2. The molecule has 11 heteroatoms. The number of rotatable bonds is 16. The molecule has 0 bridgehead atoms. The van der Waals surface area contributed by atoms with Gasteiger partial charge < -0.3 is 33.6 Å². The first-order valence-electron chi connectivity index (χ1n) is 19.5. The Morgan fingerprint density at radius 3 is 1.48 bits per heavy atom. The average Bonchev–Trinajstić information content (AvgIpc) is 3.57. The van der Waals surface area contributed by atoms with E-state index >= 15 is 0 Å². The fraction of sp³-hybridized carbons (Fsp3) is 0.319. The molecule has 0 saturated carbocycles. The molecule has 0 radical (unpaired) electrons. The van der Waals surface area contributed by atoms with E-state index in [0.29, 0.717) is 0 Å². The van der Waals surface area contributed by atoms with Gasteiger partial charge in [0.25, 0.3) is 8.32 Å². The summed E-state index contributed by atoms with van der Waals surface area (Å²) in [4.78, 5) is 29.0. The molecular formula is C47H53NO9Si. The highest BCUT2D eigenvalue weighted by Gasteiger charge is 2.59. The molecule has 5 aromatic carbocycles. The second kappa shape index (κ2) is 19.5. The topological polar surface area (TPSA) is 124 Å². The van der Waals surface area contributed by atoms with Gasteiger partial charge in [0.15, 0.2) is 6.10 Å². The SMILES string of the molecule is COC(=O)[C@@H](O)[C@@H](O)[C@@H]1[C@@H](OCc2ccccc2)[C@H](OCc2ccccc2)[C@H](CO[Si](c2ccccc2)(c2ccccc2)C(C)(C)C)N1C(=O)OCc1ccccc1. The van der Waals surface area contributed by atoms with Crippen LogP contribution in [0.15, 0.2) is 152 Å². The monoisotopic (exact) mass is 803 g/mol. The van der Waals surface area contributed by atoms with Crippen molar-refractivity contribution in [1.29, 1.82) is 0 Å². The summed E-state index contributed by atoms with van der Waals surface area (Å²) in [5, 5.41) is 25.0. The quantitative estimate of drug-likeness (QED) is 0.0912. The molecule has 1 heterocycles. The molecule has 1 aliphatic heterocycles. The van der Waals surface area contributed by atoms with Gasteiger partial charge in [0, 0.05) is 0 Å². The molecule has 1 fully saturated rings. The van der Waals surface area contributed by atoms with Gasteiger partial charge in [0.1, 0.15) is 24.9 Å². The van der Waals surface area contributed by atoms with E-state index in [1.54, 1.807) is 0 Å². The van der Waals surface area contributed by atoms with Crippen LogP contribution in [-0.2, 0) is 48.0 Å². The molecule has 0 aromatic heterocycles. The fourth-order valence-electron chi connectivity index (χ4n) is 7.89. The second-order valence-electron chi connectivity index (χ2n) is 15.5. The number of methoxy groups -OCH3 is 1. The van der Waals surface area contributed by atoms with Crippen molar-refractivity contribution in [2.24, 2.45) is 0 Å². The summed E-state index contributed by atoms with van der Waals surface area (Å²) < 4.78 is 31.8. The molecule has 10 nitrogen and oxygen atoms in total. The number of esters is 1. The third kappa shape index (κ3) is 9.58. The van der Waals surface area contributed by atoms with E-state index < -0.39 is 61.9 Å². The average molecular weight is 804 g/mol. The van der Waals surface area contributed by atoms with E-state index in [4.69, 9.17) is 23.4 Å². The summed E-state index contributed by atoms with van der Waals surface area (Å²) in [7, 11) is -2.10. The van der Waals surface area contributed by atoms with Gasteiger partial charge in [0.05, 0.1) is 39.0 Å². The van der Waals surface area contributed by atoms with Gasteiger partial charge in [-0.25, -0.2) is 9.59 Å². The number of hydrogen-bond acceptors (Lipinski definition) is 9. The van der Waals surface area contributed by atoms with E-state index in [9.17, 15) is 19.8 Å². The maximum absolute atomic E-state index is 14.7. The molecule has 6 rings (SSSR count). The minimum Gasteiger partial charge on any atom is -0.467 e. The van der Waals surface area contributed by atoms with Crippen LogP contribution in [0.3, 0.4) is 0 Å². The third-order valence-electron chi connectivity index (χ3n) is 10.7. The zero-order chi connectivity index (χ0) is 41.1. The Balaban J connectivity index is 1.50. The van der Waals surface area contributed by atoms with Gasteiger partial charge in [-0.05, 0) is 32.1 Å². The first kappa shape index (κ1) is 42.5. The van der Waals surface area contributed by atoms with Crippen LogP contribution in [-0.4, -0.2) is 85.7 Å². The lowest BCUT2D eigenvalue weighted by Crippen LogP contribution is -2.67. The van der Waals surface area contributed by atoms with Crippen molar-refractivity contribution in [3.63, 3.8) is 0 Å². The van der Waals surface area contributed by atoms with Gasteiger partial charge >= 0.3 is 12.1 Å². The molecule has 5 aromatic rings. The summed E-state index contributed by atoms with van der Waals surface area (Å²) in [6, 6.07) is 46.3. The number of aliphatic hydroxyl groups excluding tert-OH is 2. The Bertz CT molecular complexity index is 1980. The third-order valence-corrected chi connectivity index (χ3v) is 15.7. The van der Waals surface area contributed by atoms with Crippen molar-refractivity contribution in [3.8, 4) is 0 Å². The minimum absolute atomic E-state index is 0.0728. The van der Waals surface area contributed by atoms with Crippen molar-refractivity contribution in [3.05, 3.63) is 168 Å². The zero-order valence-electron chi connectivity index (χ0n) is 33.4. The first-order valence-corrected chi connectivity index (χ1v) is 21.4. The van der Waals surface area contributed by atoms with Gasteiger partial charge in [-0.15, -0.1) is 0 Å². The second-order valence-corrected chi connectivity index (χ2v) is 19.8. The lowest BCUT2D eigenvalue weighted by atomic mass is 9.98. The van der Waals surface area contributed by atoms with Crippen molar-refractivity contribution < 1.29 is 43.2 Å². The molecule has 6 atom stereocenters. The molecule has 304 valence electrons. The molecule has 0 aliphatic carbocycles. The van der Waals surface area contributed by atoms with Crippen LogP contribution in [0.4, 0.5) is 4.79 Å². The number of amides is 1. The van der Waals surface area contributed by atoms with Crippen molar-refractivity contribution in [2.75, 3.05) is 13.7 Å². The molecule has 2 N–H and O–H groups in total. The maximum Gasteiger partial charge on any atom is 0.410 e. The van der Waals surface area contributed by atoms with Crippen molar-refractivity contribution >= 4 is 30.8 Å². The number of aliphatic hydroxyl groups is 2. The van der Waals surface area contributed by atoms with Crippen molar-refractivity contribution in [2.45, 2.75) is 82.1 Å². The largest absolute Gasteiger partial charge is 0.467 e. The van der Waals surface area contributed by atoms with Crippen LogP contribution in [0, 0.1) is 0 Å². The van der Waals surface area contributed by atoms with Gasteiger partial charge in [-0.2, -0.15) is 0 Å². The lowest BCUT2D eigenvalue weighted by molar-refractivity contribution is -0.162. The predicted molar refractivity (Wildman–Crippen MR) is 224 cm³/mol. The Morgan fingerprint density at radius 2 is 1.05 bits per heavy atom. The summed E-state index contributed by atoms with van der Waals surface area (Å²) in [6.07, 6.45) is -6.75. The number of benzene rings is 5. The highest BCUT2D eigenvalue weighted by atomic mass is 28.4. The zero-order valence-corrected chi connectivity index (χ0v) is 34.4.